The minimum Gasteiger partial charge on any atom is -0.465 e. The van der Waals surface area contributed by atoms with Crippen molar-refractivity contribution in [2.75, 3.05) is 20.2 Å². The van der Waals surface area contributed by atoms with E-state index in [2.05, 4.69) is 12.2 Å². The predicted molar refractivity (Wildman–Crippen MR) is 91.0 cm³/mol. The second-order valence-corrected chi connectivity index (χ2v) is 5.66. The highest BCUT2D eigenvalue weighted by Crippen LogP contribution is 2.18. The molecule has 5 heteroatoms. The molecule has 0 heterocycles. The molecule has 5 nitrogen and oxygen atoms in total. The summed E-state index contributed by atoms with van der Waals surface area (Å²) in [6.07, 6.45) is 1.86. The SMILES string of the molecule is CCCC(NC(=O)C(C)N(C)CC(=O)OCC)c1ccccc1. The third kappa shape index (κ3) is 6.40. The number of carbonyl (C=O) groups excluding carboxylic acids is 2. The number of carbonyl (C=O) groups is 2. The summed E-state index contributed by atoms with van der Waals surface area (Å²) in [6, 6.07) is 9.54. The number of rotatable bonds is 9. The Morgan fingerprint density at radius 1 is 1.22 bits per heavy atom. The molecule has 2 atom stereocenters. The molecular weight excluding hydrogens is 292 g/mol. The van der Waals surface area contributed by atoms with Gasteiger partial charge in [0, 0.05) is 0 Å². The highest BCUT2D eigenvalue weighted by molar-refractivity contribution is 5.82. The molecule has 1 amide bonds. The number of amides is 1. The van der Waals surface area contributed by atoms with Crippen LogP contribution in [0.2, 0.25) is 0 Å². The fourth-order valence-electron chi connectivity index (χ4n) is 2.34. The minimum absolute atomic E-state index is 0.00727. The van der Waals surface area contributed by atoms with Crippen LogP contribution in [-0.4, -0.2) is 43.0 Å². The van der Waals surface area contributed by atoms with Gasteiger partial charge in [0.1, 0.15) is 0 Å². The molecule has 0 aliphatic carbocycles. The number of benzene rings is 1. The molecule has 0 saturated carbocycles. The topological polar surface area (TPSA) is 58.6 Å². The summed E-state index contributed by atoms with van der Waals surface area (Å²) in [5.74, 6) is -0.401. The van der Waals surface area contributed by atoms with Gasteiger partial charge >= 0.3 is 5.97 Å². The summed E-state index contributed by atoms with van der Waals surface area (Å²) in [4.78, 5) is 25.7. The van der Waals surface area contributed by atoms with Gasteiger partial charge in [-0.25, -0.2) is 0 Å². The van der Waals surface area contributed by atoms with Gasteiger partial charge in [-0.05, 0) is 32.9 Å². The number of hydrogen-bond donors (Lipinski definition) is 1. The summed E-state index contributed by atoms with van der Waals surface area (Å²) in [5, 5.41) is 3.09. The molecule has 128 valence electrons. The van der Waals surface area contributed by atoms with Crippen molar-refractivity contribution < 1.29 is 14.3 Å². The van der Waals surface area contributed by atoms with Crippen molar-refractivity contribution >= 4 is 11.9 Å². The maximum absolute atomic E-state index is 12.5. The van der Waals surface area contributed by atoms with E-state index in [1.807, 2.05) is 30.3 Å². The van der Waals surface area contributed by atoms with Crippen LogP contribution in [0.1, 0.15) is 45.2 Å². The Hall–Kier alpha value is -1.88. The van der Waals surface area contributed by atoms with Gasteiger partial charge < -0.3 is 10.1 Å². The Labute approximate surface area is 139 Å². The molecule has 1 aromatic rings. The fraction of sp³-hybridized carbons (Fsp3) is 0.556. The number of esters is 1. The van der Waals surface area contributed by atoms with E-state index >= 15 is 0 Å². The van der Waals surface area contributed by atoms with Crippen molar-refractivity contribution in [2.45, 2.75) is 45.7 Å². The van der Waals surface area contributed by atoms with Gasteiger partial charge in [-0.1, -0.05) is 43.7 Å². The average Bonchev–Trinajstić information content (AvgIpc) is 2.54. The van der Waals surface area contributed by atoms with Crippen LogP contribution in [0, 0.1) is 0 Å². The van der Waals surface area contributed by atoms with Crippen LogP contribution in [0.15, 0.2) is 30.3 Å². The van der Waals surface area contributed by atoms with E-state index in [0.29, 0.717) is 6.61 Å². The third-order valence-electron chi connectivity index (χ3n) is 3.82. The number of likely N-dealkylation sites (N-methyl/N-ethyl adjacent to an activating group) is 1. The maximum atomic E-state index is 12.5. The van der Waals surface area contributed by atoms with Crippen molar-refractivity contribution in [1.29, 1.82) is 0 Å². The smallest absolute Gasteiger partial charge is 0.320 e. The molecule has 0 fully saturated rings. The quantitative estimate of drug-likeness (QED) is 0.710. The molecule has 1 aromatic carbocycles. The second kappa shape index (κ2) is 10.0. The molecule has 0 aromatic heterocycles. The largest absolute Gasteiger partial charge is 0.465 e. The first kappa shape index (κ1) is 19.2. The Kier molecular flexibility index (Phi) is 8.33. The molecule has 0 saturated heterocycles. The summed E-state index contributed by atoms with van der Waals surface area (Å²) in [5.41, 5.74) is 1.10. The lowest BCUT2D eigenvalue weighted by Crippen LogP contribution is -2.46. The molecular formula is C18H28N2O3. The van der Waals surface area contributed by atoms with Gasteiger partial charge in [0.2, 0.25) is 5.91 Å². The van der Waals surface area contributed by atoms with E-state index in [0.717, 1.165) is 18.4 Å². The molecule has 0 spiro atoms. The second-order valence-electron chi connectivity index (χ2n) is 5.66. The zero-order valence-electron chi connectivity index (χ0n) is 14.5. The van der Waals surface area contributed by atoms with E-state index in [4.69, 9.17) is 4.74 Å². The number of hydrogen-bond acceptors (Lipinski definition) is 4. The molecule has 0 aliphatic heterocycles. The molecule has 23 heavy (non-hydrogen) atoms. The first-order valence-corrected chi connectivity index (χ1v) is 8.20. The monoisotopic (exact) mass is 320 g/mol. The predicted octanol–water partition coefficient (Wildman–Crippen LogP) is 2.53. The first-order chi connectivity index (χ1) is 11.0. The van der Waals surface area contributed by atoms with Gasteiger partial charge in [0.25, 0.3) is 0 Å². The van der Waals surface area contributed by atoms with E-state index in [-0.39, 0.29) is 24.5 Å². The van der Waals surface area contributed by atoms with Crippen molar-refractivity contribution in [3.05, 3.63) is 35.9 Å². The highest BCUT2D eigenvalue weighted by Gasteiger charge is 2.23. The van der Waals surface area contributed by atoms with E-state index in [1.165, 1.54) is 0 Å². The number of ether oxygens (including phenoxy) is 1. The van der Waals surface area contributed by atoms with Crippen LogP contribution < -0.4 is 5.32 Å². The van der Waals surface area contributed by atoms with E-state index in [9.17, 15) is 9.59 Å². The Bertz CT molecular complexity index is 490. The van der Waals surface area contributed by atoms with Gasteiger partial charge in [-0.2, -0.15) is 0 Å². The number of nitrogens with zero attached hydrogens (tertiary/aromatic N) is 1. The van der Waals surface area contributed by atoms with Crippen LogP contribution in [0.5, 0.6) is 0 Å². The van der Waals surface area contributed by atoms with Crippen LogP contribution >= 0.6 is 0 Å². The third-order valence-corrected chi connectivity index (χ3v) is 3.82. The molecule has 2 unspecified atom stereocenters. The number of nitrogens with one attached hydrogen (secondary N) is 1. The Morgan fingerprint density at radius 2 is 1.87 bits per heavy atom. The van der Waals surface area contributed by atoms with Crippen molar-refractivity contribution in [2.24, 2.45) is 0 Å². The lowest BCUT2D eigenvalue weighted by atomic mass is 10.0. The minimum atomic E-state index is -0.400. The van der Waals surface area contributed by atoms with Crippen LogP contribution in [0.3, 0.4) is 0 Å². The van der Waals surface area contributed by atoms with Crippen molar-refractivity contribution in [1.82, 2.24) is 10.2 Å². The molecule has 1 N–H and O–H groups in total. The summed E-state index contributed by atoms with van der Waals surface area (Å²) in [6.45, 7) is 6.11. The van der Waals surface area contributed by atoms with E-state index in [1.54, 1.807) is 25.8 Å². The Balaban J connectivity index is 2.65. The maximum Gasteiger partial charge on any atom is 0.320 e. The lowest BCUT2D eigenvalue weighted by Gasteiger charge is -2.26. The highest BCUT2D eigenvalue weighted by atomic mass is 16.5. The standard InChI is InChI=1S/C18H28N2O3/c1-5-10-16(15-11-8-7-9-12-15)19-18(22)14(3)20(4)13-17(21)23-6-2/h7-9,11-12,14,16H,5-6,10,13H2,1-4H3,(H,19,22). The van der Waals surface area contributed by atoms with Crippen molar-refractivity contribution in [3.8, 4) is 0 Å². The Morgan fingerprint density at radius 3 is 2.43 bits per heavy atom. The fourth-order valence-corrected chi connectivity index (χ4v) is 2.34. The average molecular weight is 320 g/mol. The first-order valence-electron chi connectivity index (χ1n) is 8.20. The molecule has 1 rings (SSSR count). The summed E-state index contributed by atoms with van der Waals surface area (Å²) >= 11 is 0. The zero-order chi connectivity index (χ0) is 17.2. The summed E-state index contributed by atoms with van der Waals surface area (Å²) < 4.78 is 4.92. The van der Waals surface area contributed by atoms with E-state index < -0.39 is 6.04 Å². The van der Waals surface area contributed by atoms with Gasteiger partial charge in [-0.3, -0.25) is 14.5 Å². The van der Waals surface area contributed by atoms with Crippen LogP contribution in [-0.2, 0) is 14.3 Å². The van der Waals surface area contributed by atoms with Gasteiger partial charge in [0.15, 0.2) is 0 Å². The molecule has 0 radical (unpaired) electrons. The lowest BCUT2D eigenvalue weighted by molar-refractivity contribution is -0.145. The normalized spacial score (nSPS) is 13.4. The molecule has 0 aliphatic rings. The van der Waals surface area contributed by atoms with Crippen LogP contribution in [0.25, 0.3) is 0 Å². The van der Waals surface area contributed by atoms with Crippen molar-refractivity contribution in [3.63, 3.8) is 0 Å². The van der Waals surface area contributed by atoms with Gasteiger partial charge in [0.05, 0.1) is 25.2 Å². The zero-order valence-corrected chi connectivity index (χ0v) is 14.5. The summed E-state index contributed by atoms with van der Waals surface area (Å²) in [7, 11) is 1.75. The van der Waals surface area contributed by atoms with Gasteiger partial charge in [-0.15, -0.1) is 0 Å². The van der Waals surface area contributed by atoms with Crippen LogP contribution in [0.4, 0.5) is 0 Å². The molecule has 0 bridgehead atoms.